The molecule has 0 spiro atoms. The Hall–Kier alpha value is 0.679. The van der Waals surface area contributed by atoms with Crippen LogP contribution < -0.4 is 0 Å². The first kappa shape index (κ1) is 21.7. The molecule has 0 heterocycles. The van der Waals surface area contributed by atoms with Gasteiger partial charge in [-0.25, -0.2) is 0 Å². The summed E-state index contributed by atoms with van der Waals surface area (Å²) in [6.45, 7) is 21.5. The molecule has 0 atom stereocenters. The van der Waals surface area contributed by atoms with E-state index in [-0.39, 0.29) is 20.2 Å². The van der Waals surface area contributed by atoms with Crippen molar-refractivity contribution in [3.05, 3.63) is 0 Å². The van der Waals surface area contributed by atoms with Crippen molar-refractivity contribution in [1.29, 1.82) is 0 Å². The zero-order chi connectivity index (χ0) is 18.2. The van der Waals surface area contributed by atoms with E-state index in [1.54, 1.807) is 0 Å². The van der Waals surface area contributed by atoms with Crippen LogP contribution in [-0.4, -0.2) is 36.4 Å². The number of rotatable bonds is 5. The summed E-state index contributed by atoms with van der Waals surface area (Å²) in [5.74, 6) is 0. The second-order valence-electron chi connectivity index (χ2n) is 10.0. The number of hydrogen-bond donors (Lipinski definition) is 0. The Labute approximate surface area is 150 Å². The molecular weight excluding hydrogens is 395 g/mol. The van der Waals surface area contributed by atoms with E-state index in [0.29, 0.717) is 0 Å². The van der Waals surface area contributed by atoms with Crippen LogP contribution in [0.1, 0.15) is 101 Å². The van der Waals surface area contributed by atoms with Crippen LogP contribution in [0.4, 0.5) is 0 Å². The van der Waals surface area contributed by atoms with Gasteiger partial charge in [0, 0.05) is 0 Å². The van der Waals surface area contributed by atoms with E-state index in [0.717, 1.165) is 6.42 Å². The first-order valence-electron chi connectivity index (χ1n) is 9.24. The van der Waals surface area contributed by atoms with Gasteiger partial charge in [0.2, 0.25) is 0 Å². The van der Waals surface area contributed by atoms with E-state index in [1.807, 2.05) is 0 Å². The Balaban J connectivity index is 3.43. The third kappa shape index (κ3) is 6.16. The topological polar surface area (TPSA) is 27.7 Å². The molecule has 0 aliphatic heterocycles. The molecule has 1 aliphatic carbocycles. The molecule has 0 radical (unpaired) electrons. The second-order valence-corrected chi connectivity index (χ2v) is 18.0. The molecule has 1 fully saturated rings. The van der Waals surface area contributed by atoms with Crippen molar-refractivity contribution in [1.82, 2.24) is 0 Å². The van der Waals surface area contributed by atoms with Gasteiger partial charge >= 0.3 is 150 Å². The molecule has 0 N–H and O–H groups in total. The Bertz CT molecular complexity index is 338. The van der Waals surface area contributed by atoms with Crippen LogP contribution in [0.2, 0.25) is 3.43 Å². The number of hydrogen-bond acceptors (Lipinski definition) is 3. The molecule has 0 aromatic carbocycles. The minimum absolute atomic E-state index is 0.114. The van der Waals surface area contributed by atoms with Crippen molar-refractivity contribution in [3.63, 3.8) is 0 Å². The Morgan fingerprint density at radius 3 is 1.22 bits per heavy atom. The first-order valence-corrected chi connectivity index (χ1v) is 14.2. The fourth-order valence-corrected chi connectivity index (χ4v) is 16.6. The summed E-state index contributed by atoms with van der Waals surface area (Å²) < 4.78 is 20.6. The third-order valence-electron chi connectivity index (χ3n) is 4.21. The maximum absolute atomic E-state index is 6.82. The molecule has 0 aromatic rings. The van der Waals surface area contributed by atoms with Gasteiger partial charge in [-0.15, -0.1) is 0 Å². The van der Waals surface area contributed by atoms with Crippen molar-refractivity contribution in [2.24, 2.45) is 0 Å². The molecule has 1 rings (SSSR count). The summed E-state index contributed by atoms with van der Waals surface area (Å²) in [6.07, 6.45) is 5.98. The second kappa shape index (κ2) is 7.12. The summed E-state index contributed by atoms with van der Waals surface area (Å²) in [6, 6.07) is 0. The standard InChI is InChI=1S/C7H13.3C4H9O.Sn/c1-2-7-5-3-4-6-7;3*1-4(2,3)5;/h2-6H2,1H3;3*1-3H3;/q;3*-1;+3. The van der Waals surface area contributed by atoms with Gasteiger partial charge in [0.05, 0.1) is 0 Å². The van der Waals surface area contributed by atoms with Crippen LogP contribution in [0.25, 0.3) is 0 Å². The quantitative estimate of drug-likeness (QED) is 0.489. The van der Waals surface area contributed by atoms with Gasteiger partial charge < -0.3 is 0 Å². The van der Waals surface area contributed by atoms with E-state index in [9.17, 15) is 0 Å². The summed E-state index contributed by atoms with van der Waals surface area (Å²) >= 11 is -3.89. The van der Waals surface area contributed by atoms with E-state index >= 15 is 0 Å². The maximum atomic E-state index is 6.82. The zero-order valence-corrected chi connectivity index (χ0v) is 20.1. The molecule has 23 heavy (non-hydrogen) atoms. The summed E-state index contributed by atoms with van der Waals surface area (Å²) in [5, 5.41) is 0. The molecule has 4 heteroatoms. The third-order valence-corrected chi connectivity index (χ3v) is 17.9. The SMILES string of the molecule is CC[C]1([Sn]([O]C(C)(C)C)([O]C(C)(C)C)[O]C(C)(C)C)CCCC1. The summed E-state index contributed by atoms with van der Waals surface area (Å²) in [7, 11) is 0. The average molecular weight is 435 g/mol. The van der Waals surface area contributed by atoms with Crippen molar-refractivity contribution in [2.45, 2.75) is 122 Å². The molecule has 1 saturated carbocycles. The van der Waals surface area contributed by atoms with E-state index < -0.39 is 19.6 Å². The Morgan fingerprint density at radius 2 is 1.00 bits per heavy atom. The molecule has 3 nitrogen and oxygen atoms in total. The van der Waals surface area contributed by atoms with Gasteiger partial charge in [0.1, 0.15) is 0 Å². The average Bonchev–Trinajstić information content (AvgIpc) is 2.70. The van der Waals surface area contributed by atoms with Crippen LogP contribution in [0.15, 0.2) is 0 Å². The van der Waals surface area contributed by atoms with Gasteiger partial charge in [0.25, 0.3) is 0 Å². The molecule has 0 aromatic heterocycles. The molecule has 138 valence electrons. The summed E-state index contributed by atoms with van der Waals surface area (Å²) in [5.41, 5.74) is -0.758. The van der Waals surface area contributed by atoms with Crippen molar-refractivity contribution < 1.29 is 9.22 Å². The fourth-order valence-electron chi connectivity index (χ4n) is 3.52. The van der Waals surface area contributed by atoms with Crippen LogP contribution in [0.5, 0.6) is 0 Å². The van der Waals surface area contributed by atoms with Gasteiger partial charge in [-0.3, -0.25) is 0 Å². The molecule has 0 saturated heterocycles. The van der Waals surface area contributed by atoms with E-state index in [1.165, 1.54) is 25.7 Å². The molecular formula is C19H40O3Sn. The molecule has 0 unspecified atom stereocenters. The van der Waals surface area contributed by atoms with Crippen molar-refractivity contribution >= 4 is 19.6 Å². The van der Waals surface area contributed by atoms with Crippen molar-refractivity contribution in [2.75, 3.05) is 0 Å². The normalized spacial score (nSPS) is 20.1. The summed E-state index contributed by atoms with van der Waals surface area (Å²) in [4.78, 5) is 0. The Morgan fingerprint density at radius 1 is 0.696 bits per heavy atom. The predicted octanol–water partition coefficient (Wildman–Crippen LogP) is 6.10. The van der Waals surface area contributed by atoms with E-state index in [4.69, 9.17) is 9.22 Å². The zero-order valence-electron chi connectivity index (χ0n) is 17.3. The van der Waals surface area contributed by atoms with Gasteiger partial charge in [-0.2, -0.15) is 0 Å². The van der Waals surface area contributed by atoms with Crippen LogP contribution in [-0.2, 0) is 9.22 Å². The van der Waals surface area contributed by atoms with E-state index in [2.05, 4.69) is 69.2 Å². The predicted molar refractivity (Wildman–Crippen MR) is 99.7 cm³/mol. The van der Waals surface area contributed by atoms with Crippen molar-refractivity contribution in [3.8, 4) is 0 Å². The molecule has 0 bridgehead atoms. The van der Waals surface area contributed by atoms with Crippen LogP contribution >= 0.6 is 0 Å². The first-order chi connectivity index (χ1) is 10.1. The van der Waals surface area contributed by atoms with Gasteiger partial charge in [-0.1, -0.05) is 0 Å². The Kier molecular flexibility index (Phi) is 6.73. The molecule has 0 amide bonds. The minimum atomic E-state index is -3.89. The van der Waals surface area contributed by atoms with Crippen LogP contribution in [0.3, 0.4) is 0 Å². The fraction of sp³-hybridized carbons (Fsp3) is 1.00. The van der Waals surface area contributed by atoms with Gasteiger partial charge in [0.15, 0.2) is 0 Å². The van der Waals surface area contributed by atoms with Crippen LogP contribution in [0, 0.1) is 0 Å². The monoisotopic (exact) mass is 436 g/mol. The molecule has 1 aliphatic rings. The van der Waals surface area contributed by atoms with Gasteiger partial charge in [-0.05, 0) is 0 Å².